The summed E-state index contributed by atoms with van der Waals surface area (Å²) in [7, 11) is 2.51. The zero-order valence-corrected chi connectivity index (χ0v) is 18.3. The van der Waals surface area contributed by atoms with E-state index < -0.39 is 11.9 Å². The zero-order valence-electron chi connectivity index (χ0n) is 18.3. The third-order valence-electron chi connectivity index (χ3n) is 4.96. The van der Waals surface area contributed by atoms with Crippen LogP contribution in [0.15, 0.2) is 88.8 Å². The number of esters is 2. The molecule has 0 atom stereocenters. The summed E-state index contributed by atoms with van der Waals surface area (Å²) in [5.41, 5.74) is 3.27. The Morgan fingerprint density at radius 1 is 0.939 bits per heavy atom. The Hall–Kier alpha value is -4.46. The van der Waals surface area contributed by atoms with E-state index in [1.165, 1.54) is 20.3 Å². The molecule has 0 spiro atoms. The van der Waals surface area contributed by atoms with Gasteiger partial charge in [0.25, 0.3) is 5.89 Å². The number of aryl methyl sites for hydroxylation is 1. The van der Waals surface area contributed by atoms with Crippen LogP contribution in [0.1, 0.15) is 5.56 Å². The number of rotatable bonds is 5. The first-order valence-electron chi connectivity index (χ1n) is 10.1. The minimum absolute atomic E-state index is 0.0254. The van der Waals surface area contributed by atoms with Gasteiger partial charge >= 0.3 is 11.9 Å². The van der Waals surface area contributed by atoms with Gasteiger partial charge in [0, 0.05) is 23.0 Å². The molecule has 0 aliphatic carbocycles. The Morgan fingerprint density at radius 2 is 1.70 bits per heavy atom. The number of benzene rings is 2. The van der Waals surface area contributed by atoms with Crippen LogP contribution >= 0.6 is 0 Å². The highest BCUT2D eigenvalue weighted by atomic mass is 16.5. The smallest absolute Gasteiger partial charge is 0.355 e. The van der Waals surface area contributed by atoms with Crippen molar-refractivity contribution in [3.05, 3.63) is 89.8 Å². The summed E-state index contributed by atoms with van der Waals surface area (Å²) >= 11 is 0. The van der Waals surface area contributed by atoms with Crippen molar-refractivity contribution in [1.82, 2.24) is 10.1 Å². The van der Waals surface area contributed by atoms with Crippen molar-refractivity contribution in [1.29, 1.82) is 0 Å². The first-order chi connectivity index (χ1) is 16.0. The molecule has 0 bridgehead atoms. The molecule has 0 saturated carbocycles. The molecule has 0 fully saturated rings. The maximum atomic E-state index is 12.6. The summed E-state index contributed by atoms with van der Waals surface area (Å²) in [6.45, 7) is 1.99. The minimum atomic E-state index is -0.684. The third kappa shape index (κ3) is 4.45. The maximum Gasteiger partial charge on any atom is 0.355 e. The van der Waals surface area contributed by atoms with E-state index in [1.807, 2.05) is 37.3 Å². The fourth-order valence-corrected chi connectivity index (χ4v) is 3.40. The lowest BCUT2D eigenvalue weighted by Crippen LogP contribution is -2.26. The highest BCUT2D eigenvalue weighted by molar-refractivity contribution is 6.05. The second kappa shape index (κ2) is 9.35. The molecule has 0 radical (unpaired) electrons. The minimum Gasteiger partial charge on any atom is -0.465 e. The second-order valence-corrected chi connectivity index (χ2v) is 7.16. The van der Waals surface area contributed by atoms with Crippen molar-refractivity contribution in [3.8, 4) is 22.8 Å². The standard InChI is InChI=1S/C25H21N3O5/c1-16-8-6-9-17(14-16)22-26-23(33-27-22)18-10-7-11-19(15-18)28-13-5-4-12-20(24(29)31-2)21(28)25(30)32-3/h4-15H,1-3H3. The SMILES string of the molecule is COC(=O)C1=C(C(=O)OC)N(c2cccc(-c3nc(-c4cccc(C)c4)no3)c2)C=CC=C1. The lowest BCUT2D eigenvalue weighted by atomic mass is 10.1. The van der Waals surface area contributed by atoms with Crippen molar-refractivity contribution in [2.24, 2.45) is 0 Å². The molecule has 0 unspecified atom stereocenters. The van der Waals surface area contributed by atoms with Gasteiger partial charge in [0.05, 0.1) is 19.8 Å². The Bertz CT molecular complexity index is 1300. The van der Waals surface area contributed by atoms with E-state index in [4.69, 9.17) is 14.0 Å². The largest absolute Gasteiger partial charge is 0.465 e. The predicted molar refractivity (Wildman–Crippen MR) is 122 cm³/mol. The number of nitrogens with zero attached hydrogens (tertiary/aromatic N) is 3. The monoisotopic (exact) mass is 443 g/mol. The number of carbonyl (C=O) groups excluding carboxylic acids is 2. The lowest BCUT2D eigenvalue weighted by molar-refractivity contribution is -0.139. The van der Waals surface area contributed by atoms with Crippen LogP contribution in [-0.2, 0) is 19.1 Å². The molecule has 0 N–H and O–H groups in total. The number of ether oxygens (including phenoxy) is 2. The summed E-state index contributed by atoms with van der Waals surface area (Å²) in [4.78, 5) is 31.1. The summed E-state index contributed by atoms with van der Waals surface area (Å²) < 4.78 is 15.3. The highest BCUT2D eigenvalue weighted by Crippen LogP contribution is 2.30. The molecule has 3 aromatic rings. The molecule has 2 heterocycles. The molecular formula is C25H21N3O5. The van der Waals surface area contributed by atoms with Crippen LogP contribution in [-0.4, -0.2) is 36.3 Å². The van der Waals surface area contributed by atoms with Gasteiger partial charge in [-0.25, -0.2) is 9.59 Å². The summed E-state index contributed by atoms with van der Waals surface area (Å²) in [6.07, 6.45) is 6.51. The molecular weight excluding hydrogens is 422 g/mol. The van der Waals surface area contributed by atoms with Gasteiger partial charge in [-0.15, -0.1) is 0 Å². The van der Waals surface area contributed by atoms with E-state index in [0.717, 1.165) is 11.1 Å². The van der Waals surface area contributed by atoms with E-state index in [0.29, 0.717) is 23.0 Å². The van der Waals surface area contributed by atoms with Gasteiger partial charge in [-0.1, -0.05) is 41.1 Å². The molecule has 8 heteroatoms. The van der Waals surface area contributed by atoms with E-state index in [-0.39, 0.29) is 11.3 Å². The average Bonchev–Trinajstić information content (AvgIpc) is 3.23. The number of carbonyl (C=O) groups is 2. The average molecular weight is 443 g/mol. The van der Waals surface area contributed by atoms with Gasteiger partial charge in [-0.05, 0) is 43.3 Å². The Balaban J connectivity index is 1.75. The second-order valence-electron chi connectivity index (χ2n) is 7.16. The number of aromatic nitrogens is 2. The summed E-state index contributed by atoms with van der Waals surface area (Å²) in [5.74, 6) is -0.545. The molecule has 4 rings (SSSR count). The molecule has 1 aliphatic heterocycles. The molecule has 8 nitrogen and oxygen atoms in total. The van der Waals surface area contributed by atoms with Crippen molar-refractivity contribution in [2.45, 2.75) is 6.92 Å². The molecule has 1 aliphatic rings. The number of hydrogen-bond donors (Lipinski definition) is 0. The van der Waals surface area contributed by atoms with Gasteiger partial charge in [-0.3, -0.25) is 0 Å². The van der Waals surface area contributed by atoms with Crippen molar-refractivity contribution >= 4 is 17.6 Å². The van der Waals surface area contributed by atoms with E-state index >= 15 is 0 Å². The first-order valence-corrected chi connectivity index (χ1v) is 10.1. The fourth-order valence-electron chi connectivity index (χ4n) is 3.40. The van der Waals surface area contributed by atoms with Crippen LogP contribution in [0.5, 0.6) is 0 Å². The number of hydrogen-bond acceptors (Lipinski definition) is 8. The van der Waals surface area contributed by atoms with Gasteiger partial charge < -0.3 is 18.9 Å². The van der Waals surface area contributed by atoms with Gasteiger partial charge in [0.15, 0.2) is 0 Å². The van der Waals surface area contributed by atoms with Gasteiger partial charge in [0.1, 0.15) is 5.70 Å². The maximum absolute atomic E-state index is 12.6. The van der Waals surface area contributed by atoms with Crippen LogP contribution in [0.25, 0.3) is 22.8 Å². The first kappa shape index (κ1) is 21.8. The predicted octanol–water partition coefficient (Wildman–Crippen LogP) is 4.20. The molecule has 1 aromatic heterocycles. The Morgan fingerprint density at radius 3 is 2.45 bits per heavy atom. The third-order valence-corrected chi connectivity index (χ3v) is 4.96. The zero-order chi connectivity index (χ0) is 23.4. The van der Waals surface area contributed by atoms with Crippen LogP contribution in [0.3, 0.4) is 0 Å². The molecule has 33 heavy (non-hydrogen) atoms. The molecule has 166 valence electrons. The quantitative estimate of drug-likeness (QED) is 0.542. The van der Waals surface area contributed by atoms with Crippen LogP contribution in [0.2, 0.25) is 0 Å². The van der Waals surface area contributed by atoms with Crippen molar-refractivity contribution < 1.29 is 23.6 Å². The van der Waals surface area contributed by atoms with Crippen molar-refractivity contribution in [3.63, 3.8) is 0 Å². The Kier molecular flexibility index (Phi) is 6.17. The van der Waals surface area contributed by atoms with E-state index in [1.54, 1.807) is 41.5 Å². The number of methoxy groups -OCH3 is 2. The van der Waals surface area contributed by atoms with Gasteiger partial charge in [-0.2, -0.15) is 4.98 Å². The molecule has 0 amide bonds. The molecule has 0 saturated heterocycles. The van der Waals surface area contributed by atoms with Crippen LogP contribution < -0.4 is 4.90 Å². The Labute approximate surface area is 190 Å². The summed E-state index contributed by atoms with van der Waals surface area (Å²) in [5, 5.41) is 4.10. The lowest BCUT2D eigenvalue weighted by Gasteiger charge is -2.23. The van der Waals surface area contributed by atoms with E-state index in [9.17, 15) is 9.59 Å². The number of anilines is 1. The fraction of sp³-hybridized carbons (Fsp3) is 0.120. The van der Waals surface area contributed by atoms with E-state index in [2.05, 4.69) is 10.1 Å². The highest BCUT2D eigenvalue weighted by Gasteiger charge is 2.27. The summed E-state index contributed by atoms with van der Waals surface area (Å²) in [6, 6.07) is 15.0. The van der Waals surface area contributed by atoms with Gasteiger partial charge in [0.2, 0.25) is 5.82 Å². The topological polar surface area (TPSA) is 94.8 Å². The van der Waals surface area contributed by atoms with Crippen molar-refractivity contribution in [2.75, 3.05) is 19.1 Å². The number of allylic oxidation sites excluding steroid dienone is 2. The van der Waals surface area contributed by atoms with Crippen LogP contribution in [0, 0.1) is 6.92 Å². The normalized spacial score (nSPS) is 13.1. The molecule has 2 aromatic carbocycles. The van der Waals surface area contributed by atoms with Crippen LogP contribution in [0.4, 0.5) is 5.69 Å².